The van der Waals surface area contributed by atoms with Crippen molar-refractivity contribution in [3.8, 4) is 0 Å². The molecule has 4 rings (SSSR count). The molecule has 0 amide bonds. The lowest BCUT2D eigenvalue weighted by molar-refractivity contribution is 0.00195. The topological polar surface area (TPSA) is 90.6 Å². The van der Waals surface area contributed by atoms with Gasteiger partial charge >= 0.3 is 0 Å². The fourth-order valence-electron chi connectivity index (χ4n) is 4.95. The smallest absolute Gasteiger partial charge is 0.287 e. The second-order valence-corrected chi connectivity index (χ2v) is 11.5. The summed E-state index contributed by atoms with van der Waals surface area (Å²) >= 11 is 6.44. The highest BCUT2D eigenvalue weighted by Crippen LogP contribution is 2.34. The Bertz CT molecular complexity index is 1140. The van der Waals surface area contributed by atoms with Gasteiger partial charge in [-0.3, -0.25) is 4.79 Å². The first-order chi connectivity index (χ1) is 17.7. The molecule has 1 unspecified atom stereocenters. The average molecular weight is 534 g/mol. The van der Waals surface area contributed by atoms with E-state index in [2.05, 4.69) is 20.6 Å². The summed E-state index contributed by atoms with van der Waals surface area (Å²) in [6.07, 6.45) is 9.55. The van der Waals surface area contributed by atoms with Crippen LogP contribution >= 0.6 is 11.6 Å². The quantitative estimate of drug-likeness (QED) is 0.278. The van der Waals surface area contributed by atoms with Crippen LogP contribution < -0.4 is 10.9 Å². The summed E-state index contributed by atoms with van der Waals surface area (Å²) in [6, 6.07) is 3.16. The van der Waals surface area contributed by atoms with Gasteiger partial charge in [-0.25, -0.2) is 9.67 Å². The van der Waals surface area contributed by atoms with Crippen molar-refractivity contribution in [2.24, 2.45) is 17.0 Å². The molecule has 2 aromatic heterocycles. The number of rotatable bonds is 8. The maximum Gasteiger partial charge on any atom is 0.287 e. The molecule has 1 aliphatic carbocycles. The van der Waals surface area contributed by atoms with Gasteiger partial charge in [0.1, 0.15) is 10.6 Å². The van der Waals surface area contributed by atoms with Crippen LogP contribution in [0.2, 0.25) is 5.02 Å². The second-order valence-electron chi connectivity index (χ2n) is 11.1. The third-order valence-corrected chi connectivity index (χ3v) is 7.30. The lowest BCUT2D eigenvalue weighted by atomic mass is 9.82. The van der Waals surface area contributed by atoms with Crippen molar-refractivity contribution in [3.05, 3.63) is 50.9 Å². The van der Waals surface area contributed by atoms with E-state index >= 15 is 0 Å². The van der Waals surface area contributed by atoms with Crippen molar-refractivity contribution in [1.82, 2.24) is 14.8 Å². The molecule has 1 saturated heterocycles. The molecule has 0 aromatic carbocycles. The number of nitrogens with one attached hydrogen (secondary N) is 1. The number of halogens is 2. The van der Waals surface area contributed by atoms with Crippen LogP contribution in [0, 0.1) is 17.8 Å². The van der Waals surface area contributed by atoms with Gasteiger partial charge in [-0.15, -0.1) is 0 Å². The highest BCUT2D eigenvalue weighted by molar-refractivity contribution is 6.32. The van der Waals surface area contributed by atoms with E-state index in [1.165, 1.54) is 17.0 Å². The number of hydrogen-bond acceptors (Lipinski definition) is 7. The lowest BCUT2D eigenvalue weighted by Gasteiger charge is -2.29. The van der Waals surface area contributed by atoms with Crippen LogP contribution in [0.1, 0.15) is 76.6 Å². The van der Waals surface area contributed by atoms with Gasteiger partial charge in [0, 0.05) is 13.2 Å². The van der Waals surface area contributed by atoms with Gasteiger partial charge in [0.15, 0.2) is 0 Å². The monoisotopic (exact) mass is 533 g/mol. The number of aromatic nitrogens is 3. The molecule has 8 nitrogen and oxygen atoms in total. The van der Waals surface area contributed by atoms with Crippen molar-refractivity contribution in [2.75, 3.05) is 25.1 Å². The fraction of sp³-hybridized carbons (Fsp3) is 0.630. The van der Waals surface area contributed by atoms with Crippen molar-refractivity contribution in [1.29, 1.82) is 0 Å². The van der Waals surface area contributed by atoms with E-state index in [-0.39, 0.29) is 16.6 Å². The minimum absolute atomic E-state index is 0.00889. The van der Waals surface area contributed by atoms with Crippen LogP contribution in [-0.4, -0.2) is 46.3 Å². The van der Waals surface area contributed by atoms with Crippen LogP contribution in [0.15, 0.2) is 28.3 Å². The van der Waals surface area contributed by atoms with Crippen molar-refractivity contribution >= 4 is 23.5 Å². The highest BCUT2D eigenvalue weighted by atomic mass is 35.5. The van der Waals surface area contributed by atoms with Crippen molar-refractivity contribution in [2.45, 2.75) is 77.4 Å². The lowest BCUT2D eigenvalue weighted by Crippen LogP contribution is -2.32. The average Bonchev–Trinajstić information content (AvgIpc) is 2.87. The maximum absolute atomic E-state index is 13.8. The largest absolute Gasteiger partial charge is 0.390 e. The Morgan fingerprint density at radius 1 is 1.24 bits per heavy atom. The molecule has 202 valence electrons. The number of nitrogens with zero attached hydrogens (tertiary/aromatic N) is 4. The molecule has 37 heavy (non-hydrogen) atoms. The minimum Gasteiger partial charge on any atom is -0.390 e. The molecule has 3 heterocycles. The Morgan fingerprint density at radius 2 is 2.03 bits per heavy atom. The van der Waals surface area contributed by atoms with Gasteiger partial charge in [-0.1, -0.05) is 22.8 Å². The third kappa shape index (κ3) is 7.74. The highest BCUT2D eigenvalue weighted by Gasteiger charge is 2.26. The molecule has 2 fully saturated rings. The Balaban J connectivity index is 1.35. The van der Waals surface area contributed by atoms with Crippen LogP contribution in [-0.2, 0) is 16.0 Å². The molecule has 0 bridgehead atoms. The Labute approximate surface area is 222 Å². The van der Waals surface area contributed by atoms with Crippen LogP contribution in [0.25, 0.3) is 0 Å². The minimum atomic E-state index is -0.544. The first kappa shape index (κ1) is 27.5. The van der Waals surface area contributed by atoms with Gasteiger partial charge in [-0.2, -0.15) is 9.49 Å². The number of oxime groups is 1. The van der Waals surface area contributed by atoms with E-state index in [1.807, 2.05) is 20.8 Å². The molecule has 1 saturated carbocycles. The third-order valence-electron chi connectivity index (χ3n) is 6.93. The molecular weight excluding hydrogens is 497 g/mol. The molecule has 2 aromatic rings. The van der Waals surface area contributed by atoms with Crippen molar-refractivity contribution in [3.63, 3.8) is 0 Å². The number of ether oxygens (including phenoxy) is 1. The molecule has 1 atom stereocenters. The number of pyridine rings is 1. The molecule has 1 aliphatic heterocycles. The summed E-state index contributed by atoms with van der Waals surface area (Å²) in [5.74, 6) is 0.262. The predicted octanol–water partition coefficient (Wildman–Crippen LogP) is 5.39. The van der Waals surface area contributed by atoms with E-state index in [9.17, 15) is 9.18 Å². The molecule has 1 N–H and O–H groups in total. The van der Waals surface area contributed by atoms with E-state index in [0.717, 1.165) is 63.7 Å². The SMILES string of the molecule is CC(C)(C)O/N=C/c1nc(F)ccc1CC1CCC(n2ncc(NCC3CCCOC3)c(Cl)c2=O)CC1. The van der Waals surface area contributed by atoms with Gasteiger partial charge < -0.3 is 14.9 Å². The summed E-state index contributed by atoms with van der Waals surface area (Å²) in [4.78, 5) is 22.4. The Hall–Kier alpha value is -2.52. The van der Waals surface area contributed by atoms with Gasteiger partial charge in [0.05, 0.1) is 36.4 Å². The first-order valence-electron chi connectivity index (χ1n) is 13.2. The van der Waals surface area contributed by atoms with Gasteiger partial charge in [0.2, 0.25) is 5.95 Å². The predicted molar refractivity (Wildman–Crippen MR) is 143 cm³/mol. The standard InChI is InChI=1S/C27H37ClFN5O3/c1-27(2,3)37-32-16-22-20(8-11-24(29)33-22)13-18-6-9-21(10-7-18)34-26(35)25(28)23(15-31-34)30-14-19-5-4-12-36-17-19/h8,11,15-16,18-19,21,30H,4-7,9-10,12-14,17H2,1-3H3/b32-16+. The molecule has 0 spiro atoms. The van der Waals surface area contributed by atoms with E-state index < -0.39 is 11.5 Å². The summed E-state index contributed by atoms with van der Waals surface area (Å²) in [5.41, 5.74) is 1.31. The number of hydrogen-bond donors (Lipinski definition) is 1. The molecule has 2 aliphatic rings. The Morgan fingerprint density at radius 3 is 2.73 bits per heavy atom. The summed E-state index contributed by atoms with van der Waals surface area (Å²) in [6.45, 7) is 7.95. The summed E-state index contributed by atoms with van der Waals surface area (Å²) < 4.78 is 20.9. The van der Waals surface area contributed by atoms with Crippen LogP contribution in [0.5, 0.6) is 0 Å². The van der Waals surface area contributed by atoms with E-state index in [0.29, 0.717) is 29.8 Å². The molecule has 0 radical (unpaired) electrons. The zero-order valence-corrected chi connectivity index (χ0v) is 22.6. The van der Waals surface area contributed by atoms with E-state index in [4.69, 9.17) is 21.2 Å². The summed E-state index contributed by atoms with van der Waals surface area (Å²) in [7, 11) is 0. The van der Waals surface area contributed by atoms with Crippen LogP contribution in [0.4, 0.5) is 10.1 Å². The van der Waals surface area contributed by atoms with Crippen molar-refractivity contribution < 1.29 is 14.0 Å². The maximum atomic E-state index is 13.8. The fourth-order valence-corrected chi connectivity index (χ4v) is 5.16. The normalized spacial score (nSPS) is 22.8. The number of anilines is 1. The molecule has 10 heteroatoms. The molecular formula is C27H37ClFN5O3. The van der Waals surface area contributed by atoms with Gasteiger partial charge in [-0.05, 0) is 89.2 Å². The summed E-state index contributed by atoms with van der Waals surface area (Å²) in [5, 5.41) is 11.9. The first-order valence-corrected chi connectivity index (χ1v) is 13.5. The zero-order chi connectivity index (χ0) is 26.4. The van der Waals surface area contributed by atoms with E-state index in [1.54, 1.807) is 12.3 Å². The second kappa shape index (κ2) is 12.3. The van der Waals surface area contributed by atoms with Crippen LogP contribution in [0.3, 0.4) is 0 Å². The van der Waals surface area contributed by atoms with Gasteiger partial charge in [0.25, 0.3) is 5.56 Å². The zero-order valence-electron chi connectivity index (χ0n) is 21.9. The Kier molecular flexibility index (Phi) is 9.18.